The summed E-state index contributed by atoms with van der Waals surface area (Å²) in [6.07, 6.45) is 2.85. The van der Waals surface area contributed by atoms with Gasteiger partial charge in [-0.05, 0) is 24.5 Å². The van der Waals surface area contributed by atoms with Gasteiger partial charge in [0.25, 0.3) is 5.91 Å². The van der Waals surface area contributed by atoms with E-state index in [-0.39, 0.29) is 5.91 Å². The van der Waals surface area contributed by atoms with Gasteiger partial charge in [0.05, 0.1) is 6.20 Å². The second-order valence-corrected chi connectivity index (χ2v) is 7.33. The molecular weight excluding hydrogens is 330 g/mol. The molecule has 0 bridgehead atoms. The van der Waals surface area contributed by atoms with E-state index in [1.165, 1.54) is 0 Å². The Labute approximate surface area is 151 Å². The van der Waals surface area contributed by atoms with Crippen molar-refractivity contribution >= 4 is 28.4 Å². The van der Waals surface area contributed by atoms with Crippen LogP contribution in [0.1, 0.15) is 16.8 Å². The first kappa shape index (κ1) is 16.1. The molecule has 5 heteroatoms. The van der Waals surface area contributed by atoms with Crippen molar-refractivity contribution in [3.8, 4) is 0 Å². The average Bonchev–Trinajstić information content (AvgIpc) is 3.15. The number of likely N-dealkylation sites (tertiary alicyclic amines) is 1. The Morgan fingerprint density at radius 1 is 1.12 bits per heavy atom. The zero-order valence-electron chi connectivity index (χ0n) is 13.8. The van der Waals surface area contributed by atoms with Crippen LogP contribution in [0.25, 0.3) is 10.8 Å². The molecule has 1 fully saturated rings. The van der Waals surface area contributed by atoms with E-state index in [2.05, 4.69) is 22.3 Å². The number of carbonyl (C=O) groups excluding carboxylic acids is 1. The quantitative estimate of drug-likeness (QED) is 0.671. The number of hydrogen-bond acceptors (Lipinski definition) is 4. The van der Waals surface area contributed by atoms with Crippen LogP contribution in [0.5, 0.6) is 0 Å². The third-order valence-corrected chi connectivity index (χ3v) is 5.80. The SMILES string of the molecule is O=C(c1ccccc1)N1CC[C@@H](CSc2nncc3ccccc23)C1. The Bertz CT molecular complexity index is 879. The van der Waals surface area contributed by atoms with Gasteiger partial charge in [0, 0.05) is 35.2 Å². The van der Waals surface area contributed by atoms with Gasteiger partial charge in [-0.2, -0.15) is 5.10 Å². The van der Waals surface area contributed by atoms with Crippen LogP contribution in [0, 0.1) is 5.92 Å². The minimum Gasteiger partial charge on any atom is -0.338 e. The molecule has 3 aromatic rings. The largest absolute Gasteiger partial charge is 0.338 e. The van der Waals surface area contributed by atoms with Gasteiger partial charge >= 0.3 is 0 Å². The maximum atomic E-state index is 12.5. The molecule has 0 unspecified atom stereocenters. The van der Waals surface area contributed by atoms with Crippen molar-refractivity contribution in [3.05, 3.63) is 66.4 Å². The summed E-state index contributed by atoms with van der Waals surface area (Å²) in [5, 5.41) is 11.7. The lowest BCUT2D eigenvalue weighted by atomic mass is 10.1. The standard InChI is InChI=1S/C20H19N3OS/c24-20(16-6-2-1-3-7-16)23-11-10-15(13-23)14-25-19-18-9-5-4-8-17(18)12-21-22-19/h1-9,12,15H,10-11,13-14H2/t15-/m1/s1. The average molecular weight is 349 g/mol. The molecule has 0 aliphatic carbocycles. The van der Waals surface area contributed by atoms with Gasteiger partial charge < -0.3 is 4.90 Å². The lowest BCUT2D eigenvalue weighted by Crippen LogP contribution is -2.28. The van der Waals surface area contributed by atoms with E-state index in [1.807, 2.05) is 47.4 Å². The molecule has 126 valence electrons. The molecule has 1 aromatic heterocycles. The molecule has 4 rings (SSSR count). The highest BCUT2D eigenvalue weighted by Crippen LogP contribution is 2.29. The topological polar surface area (TPSA) is 46.1 Å². The maximum absolute atomic E-state index is 12.5. The molecule has 0 radical (unpaired) electrons. The fourth-order valence-corrected chi connectivity index (χ4v) is 4.33. The van der Waals surface area contributed by atoms with E-state index in [9.17, 15) is 4.79 Å². The van der Waals surface area contributed by atoms with Crippen molar-refractivity contribution in [1.29, 1.82) is 0 Å². The van der Waals surface area contributed by atoms with Crippen LogP contribution in [0.4, 0.5) is 0 Å². The van der Waals surface area contributed by atoms with Gasteiger partial charge in [0.2, 0.25) is 0 Å². The normalized spacial score (nSPS) is 17.1. The Hall–Kier alpha value is -2.40. The molecule has 0 spiro atoms. The first-order valence-corrected chi connectivity index (χ1v) is 9.47. The molecule has 2 heterocycles. The monoisotopic (exact) mass is 349 g/mol. The first-order chi connectivity index (χ1) is 12.3. The molecule has 0 saturated carbocycles. The third-order valence-electron chi connectivity index (χ3n) is 4.59. The van der Waals surface area contributed by atoms with Gasteiger partial charge in [-0.15, -0.1) is 16.9 Å². The van der Waals surface area contributed by atoms with E-state index in [0.717, 1.165) is 46.6 Å². The molecule has 1 aliphatic rings. The lowest BCUT2D eigenvalue weighted by Gasteiger charge is -2.16. The number of amides is 1. The first-order valence-electron chi connectivity index (χ1n) is 8.49. The molecule has 4 nitrogen and oxygen atoms in total. The number of nitrogens with zero attached hydrogens (tertiary/aromatic N) is 3. The number of hydrogen-bond donors (Lipinski definition) is 0. The molecule has 2 aromatic carbocycles. The summed E-state index contributed by atoms with van der Waals surface area (Å²) in [6, 6.07) is 17.7. The van der Waals surface area contributed by atoms with Crippen LogP contribution in [-0.4, -0.2) is 39.8 Å². The third kappa shape index (κ3) is 3.51. The Morgan fingerprint density at radius 3 is 2.80 bits per heavy atom. The summed E-state index contributed by atoms with van der Waals surface area (Å²) in [6.45, 7) is 1.65. The predicted molar refractivity (Wildman–Crippen MR) is 101 cm³/mol. The maximum Gasteiger partial charge on any atom is 0.253 e. The second kappa shape index (κ2) is 7.23. The number of fused-ring (bicyclic) bond motifs is 1. The van der Waals surface area contributed by atoms with Crippen molar-refractivity contribution in [2.75, 3.05) is 18.8 Å². The summed E-state index contributed by atoms with van der Waals surface area (Å²) in [7, 11) is 0. The summed E-state index contributed by atoms with van der Waals surface area (Å²) in [4.78, 5) is 14.5. The molecule has 1 aliphatic heterocycles. The van der Waals surface area contributed by atoms with E-state index < -0.39 is 0 Å². The predicted octanol–water partition coefficient (Wildman–Crippen LogP) is 3.88. The lowest BCUT2D eigenvalue weighted by molar-refractivity contribution is 0.0788. The number of aromatic nitrogens is 2. The van der Waals surface area contributed by atoms with Crippen molar-refractivity contribution in [1.82, 2.24) is 15.1 Å². The second-order valence-electron chi connectivity index (χ2n) is 6.32. The van der Waals surface area contributed by atoms with E-state index in [1.54, 1.807) is 18.0 Å². The fraction of sp³-hybridized carbons (Fsp3) is 0.250. The van der Waals surface area contributed by atoms with Crippen molar-refractivity contribution in [3.63, 3.8) is 0 Å². The van der Waals surface area contributed by atoms with Crippen LogP contribution in [0.15, 0.2) is 65.8 Å². The minimum absolute atomic E-state index is 0.137. The van der Waals surface area contributed by atoms with Crippen LogP contribution >= 0.6 is 11.8 Å². The summed E-state index contributed by atoms with van der Waals surface area (Å²) in [5.41, 5.74) is 0.774. The van der Waals surface area contributed by atoms with Crippen LogP contribution in [0.2, 0.25) is 0 Å². The fourth-order valence-electron chi connectivity index (χ4n) is 3.22. The zero-order chi connectivity index (χ0) is 17.1. The van der Waals surface area contributed by atoms with Crippen molar-refractivity contribution < 1.29 is 4.79 Å². The number of thioether (sulfide) groups is 1. The zero-order valence-corrected chi connectivity index (χ0v) is 14.7. The van der Waals surface area contributed by atoms with Gasteiger partial charge in [-0.1, -0.05) is 42.5 Å². The van der Waals surface area contributed by atoms with Crippen LogP contribution in [-0.2, 0) is 0 Å². The van der Waals surface area contributed by atoms with Crippen molar-refractivity contribution in [2.45, 2.75) is 11.4 Å². The Kier molecular flexibility index (Phi) is 4.65. The van der Waals surface area contributed by atoms with Crippen LogP contribution < -0.4 is 0 Å². The highest BCUT2D eigenvalue weighted by Gasteiger charge is 2.27. The summed E-state index contributed by atoms with van der Waals surface area (Å²) >= 11 is 1.75. The smallest absolute Gasteiger partial charge is 0.253 e. The van der Waals surface area contributed by atoms with Crippen LogP contribution in [0.3, 0.4) is 0 Å². The number of rotatable bonds is 4. The molecule has 1 saturated heterocycles. The molecule has 25 heavy (non-hydrogen) atoms. The van der Waals surface area contributed by atoms with E-state index in [4.69, 9.17) is 0 Å². The molecule has 0 N–H and O–H groups in total. The summed E-state index contributed by atoms with van der Waals surface area (Å²) in [5.74, 6) is 1.60. The van der Waals surface area contributed by atoms with Gasteiger partial charge in [0.1, 0.15) is 5.03 Å². The number of benzene rings is 2. The van der Waals surface area contributed by atoms with E-state index in [0.29, 0.717) is 5.92 Å². The number of carbonyl (C=O) groups is 1. The minimum atomic E-state index is 0.137. The highest BCUT2D eigenvalue weighted by atomic mass is 32.2. The molecule has 1 atom stereocenters. The summed E-state index contributed by atoms with van der Waals surface area (Å²) < 4.78 is 0. The Morgan fingerprint density at radius 2 is 1.92 bits per heavy atom. The Balaban J connectivity index is 1.39. The molecule has 1 amide bonds. The van der Waals surface area contributed by atoms with Gasteiger partial charge in [0.15, 0.2) is 0 Å². The van der Waals surface area contributed by atoms with Crippen molar-refractivity contribution in [2.24, 2.45) is 5.92 Å². The molecular formula is C20H19N3OS. The highest BCUT2D eigenvalue weighted by molar-refractivity contribution is 7.99. The van der Waals surface area contributed by atoms with Gasteiger partial charge in [-0.25, -0.2) is 0 Å². The van der Waals surface area contributed by atoms with E-state index >= 15 is 0 Å². The van der Waals surface area contributed by atoms with Gasteiger partial charge in [-0.3, -0.25) is 4.79 Å².